The van der Waals surface area contributed by atoms with Crippen LogP contribution in [0, 0.1) is 5.82 Å². The average Bonchev–Trinajstić information content (AvgIpc) is 2.72. The van der Waals surface area contributed by atoms with Gasteiger partial charge in [-0.15, -0.1) is 0 Å². The molecule has 0 radical (unpaired) electrons. The summed E-state index contributed by atoms with van der Waals surface area (Å²) in [7, 11) is 1.18. The molecule has 0 saturated carbocycles. The SMILES string of the molecule is COc1cccc(N(N)P=O)c1COc1cccc(-c2ccc(F)cc2)n1. The highest BCUT2D eigenvalue weighted by atomic mass is 31.1. The van der Waals surface area contributed by atoms with Crippen molar-refractivity contribution in [2.45, 2.75) is 6.61 Å². The van der Waals surface area contributed by atoms with Crippen molar-refractivity contribution in [3.63, 3.8) is 0 Å². The maximum atomic E-state index is 13.1. The summed E-state index contributed by atoms with van der Waals surface area (Å²) < 4.78 is 36.4. The molecule has 0 bridgehead atoms. The Bertz CT molecular complexity index is 938. The van der Waals surface area contributed by atoms with Crippen molar-refractivity contribution in [3.05, 3.63) is 72.0 Å². The van der Waals surface area contributed by atoms with Gasteiger partial charge in [0.2, 0.25) is 5.88 Å². The van der Waals surface area contributed by atoms with E-state index in [1.54, 1.807) is 42.5 Å². The predicted molar refractivity (Wildman–Crippen MR) is 101 cm³/mol. The molecule has 3 aromatic rings. The van der Waals surface area contributed by atoms with Crippen LogP contribution in [-0.2, 0) is 11.2 Å². The highest BCUT2D eigenvalue weighted by molar-refractivity contribution is 7.25. The molecule has 6 nitrogen and oxygen atoms in total. The first kappa shape index (κ1) is 18.8. The quantitative estimate of drug-likeness (QED) is 0.370. The fourth-order valence-corrected chi connectivity index (χ4v) is 2.85. The number of methoxy groups -OCH3 is 1. The lowest BCUT2D eigenvalue weighted by Crippen LogP contribution is -2.21. The Labute approximate surface area is 157 Å². The molecular weight excluding hydrogens is 368 g/mol. The topological polar surface area (TPSA) is 77.7 Å². The van der Waals surface area contributed by atoms with Gasteiger partial charge in [-0.05, 0) is 42.5 Å². The zero-order chi connectivity index (χ0) is 19.2. The molecule has 0 atom stereocenters. The van der Waals surface area contributed by atoms with Crippen LogP contribution in [0.5, 0.6) is 11.6 Å². The van der Waals surface area contributed by atoms with Gasteiger partial charge < -0.3 is 9.47 Å². The smallest absolute Gasteiger partial charge is 0.297 e. The van der Waals surface area contributed by atoms with Crippen molar-refractivity contribution in [1.29, 1.82) is 0 Å². The fraction of sp³-hybridized carbons (Fsp3) is 0.105. The molecule has 0 fully saturated rings. The largest absolute Gasteiger partial charge is 0.496 e. The lowest BCUT2D eigenvalue weighted by atomic mass is 10.1. The second-order valence-electron chi connectivity index (χ2n) is 5.54. The van der Waals surface area contributed by atoms with E-state index in [-0.39, 0.29) is 21.0 Å². The van der Waals surface area contributed by atoms with E-state index in [2.05, 4.69) is 4.98 Å². The molecule has 1 aromatic heterocycles. The first-order valence-corrected chi connectivity index (χ1v) is 8.78. The van der Waals surface area contributed by atoms with E-state index in [9.17, 15) is 8.96 Å². The van der Waals surface area contributed by atoms with E-state index in [0.29, 0.717) is 28.6 Å². The molecule has 8 heteroatoms. The monoisotopic (exact) mass is 385 g/mol. The molecule has 0 aliphatic heterocycles. The Kier molecular flexibility index (Phi) is 5.96. The highest BCUT2D eigenvalue weighted by Gasteiger charge is 2.14. The zero-order valence-electron chi connectivity index (χ0n) is 14.5. The van der Waals surface area contributed by atoms with Crippen LogP contribution in [0.25, 0.3) is 11.3 Å². The molecule has 0 aliphatic carbocycles. The molecule has 138 valence electrons. The number of pyridine rings is 1. The second-order valence-corrected chi connectivity index (χ2v) is 6.14. The Morgan fingerprint density at radius 1 is 1.11 bits per heavy atom. The van der Waals surface area contributed by atoms with Crippen molar-refractivity contribution >= 4 is 14.3 Å². The Morgan fingerprint density at radius 3 is 2.56 bits per heavy atom. The van der Waals surface area contributed by atoms with Crippen LogP contribution >= 0.6 is 8.61 Å². The van der Waals surface area contributed by atoms with Gasteiger partial charge in [0, 0.05) is 11.6 Å². The van der Waals surface area contributed by atoms with Gasteiger partial charge in [-0.25, -0.2) is 24.6 Å². The van der Waals surface area contributed by atoms with Crippen molar-refractivity contribution in [2.24, 2.45) is 5.84 Å². The molecule has 2 N–H and O–H groups in total. The van der Waals surface area contributed by atoms with Gasteiger partial charge in [-0.1, -0.05) is 12.1 Å². The minimum atomic E-state index is -0.353. The summed E-state index contributed by atoms with van der Waals surface area (Å²) in [4.78, 5) is 4.44. The fourth-order valence-electron chi connectivity index (χ4n) is 2.57. The zero-order valence-corrected chi connectivity index (χ0v) is 15.4. The summed E-state index contributed by atoms with van der Waals surface area (Å²) in [5.74, 6) is 6.39. The van der Waals surface area contributed by atoms with Crippen molar-refractivity contribution in [1.82, 2.24) is 4.98 Å². The first-order valence-electron chi connectivity index (χ1n) is 8.02. The number of ether oxygens (including phenoxy) is 2. The minimum Gasteiger partial charge on any atom is -0.496 e. The van der Waals surface area contributed by atoms with Gasteiger partial charge >= 0.3 is 0 Å². The normalized spacial score (nSPS) is 10.6. The van der Waals surface area contributed by atoms with Crippen molar-refractivity contribution < 1.29 is 18.4 Å². The molecule has 0 spiro atoms. The molecule has 1 heterocycles. The number of hydrazine groups is 1. The molecular formula is C19H17FN3O3P. The van der Waals surface area contributed by atoms with E-state index in [1.165, 1.54) is 19.2 Å². The van der Waals surface area contributed by atoms with Crippen LogP contribution in [0.2, 0.25) is 0 Å². The van der Waals surface area contributed by atoms with E-state index in [4.69, 9.17) is 15.3 Å². The van der Waals surface area contributed by atoms with E-state index in [1.807, 2.05) is 6.07 Å². The lowest BCUT2D eigenvalue weighted by molar-refractivity contribution is 0.286. The third-order valence-corrected chi connectivity index (χ3v) is 4.28. The third-order valence-electron chi connectivity index (χ3n) is 3.89. The van der Waals surface area contributed by atoms with Crippen LogP contribution in [0.1, 0.15) is 5.56 Å². The summed E-state index contributed by atoms with van der Waals surface area (Å²) >= 11 is 0. The van der Waals surface area contributed by atoms with Crippen molar-refractivity contribution in [3.8, 4) is 22.9 Å². The molecule has 0 saturated heterocycles. The number of hydrogen-bond donors (Lipinski definition) is 1. The lowest BCUT2D eigenvalue weighted by Gasteiger charge is -2.17. The van der Waals surface area contributed by atoms with Crippen LogP contribution < -0.4 is 20.1 Å². The standard InChI is InChI=1S/C19H17FN3O3P/c1-25-18-6-3-5-17(23(21)27-24)15(18)12-26-19-7-2-4-16(22-19)13-8-10-14(20)11-9-13/h2-11H,12,21H2,1H3. The molecule has 0 aliphatic rings. The van der Waals surface area contributed by atoms with Gasteiger partial charge in [0.05, 0.1) is 24.1 Å². The number of hydrogen-bond acceptors (Lipinski definition) is 5. The van der Waals surface area contributed by atoms with Gasteiger partial charge in [0.25, 0.3) is 8.61 Å². The predicted octanol–water partition coefficient (Wildman–Crippen LogP) is 4.36. The Hall–Kier alpha value is -3.02. The van der Waals surface area contributed by atoms with Gasteiger partial charge in [0.1, 0.15) is 18.2 Å². The molecule has 0 amide bonds. The van der Waals surface area contributed by atoms with E-state index < -0.39 is 0 Å². The molecule has 3 rings (SSSR count). The van der Waals surface area contributed by atoms with E-state index >= 15 is 0 Å². The highest BCUT2D eigenvalue weighted by Crippen LogP contribution is 2.31. The van der Waals surface area contributed by atoms with Crippen LogP contribution in [-0.4, -0.2) is 12.1 Å². The summed E-state index contributed by atoms with van der Waals surface area (Å²) in [6.07, 6.45) is 0. The number of nitrogens with zero attached hydrogens (tertiary/aromatic N) is 2. The number of benzene rings is 2. The first-order chi connectivity index (χ1) is 13.1. The van der Waals surface area contributed by atoms with Gasteiger partial charge in [-0.3, -0.25) is 0 Å². The maximum Gasteiger partial charge on any atom is 0.297 e. The molecule has 2 aromatic carbocycles. The number of aromatic nitrogens is 1. The number of halogens is 1. The molecule has 27 heavy (non-hydrogen) atoms. The van der Waals surface area contributed by atoms with Crippen LogP contribution in [0.3, 0.4) is 0 Å². The van der Waals surface area contributed by atoms with Crippen LogP contribution in [0.15, 0.2) is 60.7 Å². The summed E-state index contributed by atoms with van der Waals surface area (Å²) in [6, 6.07) is 16.6. The number of nitrogens with two attached hydrogens (primary N) is 1. The van der Waals surface area contributed by atoms with E-state index in [0.717, 1.165) is 10.3 Å². The third kappa shape index (κ3) is 4.39. The Balaban J connectivity index is 1.84. The average molecular weight is 385 g/mol. The van der Waals surface area contributed by atoms with Gasteiger partial charge in [-0.2, -0.15) is 0 Å². The summed E-state index contributed by atoms with van der Waals surface area (Å²) in [5.41, 5.74) is 2.59. The maximum absolute atomic E-state index is 13.1. The van der Waals surface area contributed by atoms with Gasteiger partial charge in [0.15, 0.2) is 0 Å². The minimum absolute atomic E-state index is 0.114. The Morgan fingerprint density at radius 2 is 1.85 bits per heavy atom. The van der Waals surface area contributed by atoms with Crippen LogP contribution in [0.4, 0.5) is 10.1 Å². The van der Waals surface area contributed by atoms with Crippen molar-refractivity contribution in [2.75, 3.05) is 11.9 Å². The molecule has 0 unspecified atom stereocenters. The summed E-state index contributed by atoms with van der Waals surface area (Å²) in [5, 5.41) is 0. The number of rotatable bonds is 7. The number of anilines is 1. The second kappa shape index (κ2) is 8.58. The summed E-state index contributed by atoms with van der Waals surface area (Å²) in [6.45, 7) is 0.114.